The second-order valence-electron chi connectivity index (χ2n) is 5.11. The first-order valence-corrected chi connectivity index (χ1v) is 7.48. The molecule has 23 heavy (non-hydrogen) atoms. The second-order valence-corrected chi connectivity index (χ2v) is 5.11. The maximum Gasteiger partial charge on any atom is 0.338 e. The first-order chi connectivity index (χ1) is 11.1. The molecule has 0 bridgehead atoms. The monoisotopic (exact) mass is 311 g/mol. The molecule has 0 aliphatic heterocycles. The van der Waals surface area contributed by atoms with Crippen molar-refractivity contribution >= 4 is 17.6 Å². The van der Waals surface area contributed by atoms with E-state index >= 15 is 0 Å². The number of hydrogen-bond acceptors (Lipinski definition) is 3. The van der Waals surface area contributed by atoms with Crippen molar-refractivity contribution in [2.45, 2.75) is 20.4 Å². The van der Waals surface area contributed by atoms with E-state index in [2.05, 4.69) is 10.3 Å². The van der Waals surface area contributed by atoms with Gasteiger partial charge in [-0.15, -0.1) is 0 Å². The molecule has 2 rings (SSSR count). The van der Waals surface area contributed by atoms with Gasteiger partial charge in [0.05, 0.1) is 18.7 Å². The maximum atomic E-state index is 11.6. The topological polar surface area (TPSA) is 76.7 Å². The molecule has 0 atom stereocenters. The summed E-state index contributed by atoms with van der Waals surface area (Å²) in [6.45, 7) is 4.62. The van der Waals surface area contributed by atoms with Crippen LogP contribution in [0.3, 0.4) is 0 Å². The Hall–Kier alpha value is -2.82. The van der Waals surface area contributed by atoms with Crippen LogP contribution in [0.15, 0.2) is 53.5 Å². The molecule has 2 aromatic carbocycles. The Labute approximate surface area is 136 Å². The average Bonchev–Trinajstić information content (AvgIpc) is 2.56. The smallest absolute Gasteiger partial charge is 0.338 e. The zero-order valence-corrected chi connectivity index (χ0v) is 13.4. The molecule has 0 saturated carbocycles. The van der Waals surface area contributed by atoms with Crippen LogP contribution in [0.25, 0.3) is 0 Å². The number of carbonyl (C=O) groups is 1. The summed E-state index contributed by atoms with van der Waals surface area (Å²) >= 11 is 0. The highest BCUT2D eigenvalue weighted by Gasteiger charge is 2.05. The van der Waals surface area contributed by atoms with Crippen molar-refractivity contribution < 1.29 is 9.53 Å². The fraction of sp³-hybridized carbons (Fsp3) is 0.222. The van der Waals surface area contributed by atoms with E-state index in [0.717, 1.165) is 11.3 Å². The van der Waals surface area contributed by atoms with E-state index in [9.17, 15) is 4.79 Å². The first-order valence-electron chi connectivity index (χ1n) is 7.48. The Balaban J connectivity index is 1.93. The third-order valence-electron chi connectivity index (χ3n) is 3.22. The highest BCUT2D eigenvalue weighted by atomic mass is 16.5. The Morgan fingerprint density at radius 1 is 1.13 bits per heavy atom. The Morgan fingerprint density at radius 2 is 1.78 bits per heavy atom. The van der Waals surface area contributed by atoms with E-state index in [-0.39, 0.29) is 5.97 Å². The standard InChI is InChI=1S/C18H21N3O2/c1-3-23-17(22)15-8-6-14(7-9-15)12-20-18(19)21-16-10-4-13(2)5-11-16/h4-11H,3,12H2,1-2H3,(H3,19,20,21). The molecule has 5 heteroatoms. The summed E-state index contributed by atoms with van der Waals surface area (Å²) in [6, 6.07) is 15.0. The lowest BCUT2D eigenvalue weighted by Gasteiger charge is -2.06. The molecular weight excluding hydrogens is 290 g/mol. The molecule has 3 N–H and O–H groups in total. The number of esters is 1. The largest absolute Gasteiger partial charge is 0.462 e. The SMILES string of the molecule is CCOC(=O)c1ccc(CN=C(N)Nc2ccc(C)cc2)cc1. The molecule has 0 aliphatic rings. The summed E-state index contributed by atoms with van der Waals surface area (Å²) < 4.78 is 4.94. The van der Waals surface area contributed by atoms with Crippen LogP contribution in [-0.2, 0) is 11.3 Å². The van der Waals surface area contributed by atoms with Gasteiger partial charge in [0.1, 0.15) is 0 Å². The van der Waals surface area contributed by atoms with Gasteiger partial charge in [0.15, 0.2) is 5.96 Å². The number of nitrogens with zero attached hydrogens (tertiary/aromatic N) is 1. The van der Waals surface area contributed by atoms with Gasteiger partial charge in [0.2, 0.25) is 0 Å². The number of benzene rings is 2. The van der Waals surface area contributed by atoms with Gasteiger partial charge in [-0.1, -0.05) is 29.8 Å². The van der Waals surface area contributed by atoms with Gasteiger partial charge in [-0.25, -0.2) is 9.79 Å². The van der Waals surface area contributed by atoms with Crippen LogP contribution in [0, 0.1) is 6.92 Å². The van der Waals surface area contributed by atoms with Crippen LogP contribution < -0.4 is 11.1 Å². The van der Waals surface area contributed by atoms with E-state index in [0.29, 0.717) is 24.7 Å². The van der Waals surface area contributed by atoms with Gasteiger partial charge >= 0.3 is 5.97 Å². The minimum absolute atomic E-state index is 0.317. The maximum absolute atomic E-state index is 11.6. The minimum Gasteiger partial charge on any atom is -0.462 e. The molecule has 0 unspecified atom stereocenters. The second kappa shape index (κ2) is 7.98. The highest BCUT2D eigenvalue weighted by molar-refractivity contribution is 5.92. The number of nitrogens with one attached hydrogen (secondary N) is 1. The molecule has 2 aromatic rings. The fourth-order valence-corrected chi connectivity index (χ4v) is 1.96. The zero-order valence-electron chi connectivity index (χ0n) is 13.4. The summed E-state index contributed by atoms with van der Waals surface area (Å²) in [6.07, 6.45) is 0. The number of carbonyl (C=O) groups excluding carboxylic acids is 1. The Bertz CT molecular complexity index is 676. The molecule has 0 radical (unpaired) electrons. The van der Waals surface area contributed by atoms with E-state index in [1.54, 1.807) is 19.1 Å². The van der Waals surface area contributed by atoms with Crippen molar-refractivity contribution in [2.24, 2.45) is 10.7 Å². The van der Waals surface area contributed by atoms with Crippen molar-refractivity contribution in [3.05, 3.63) is 65.2 Å². The fourth-order valence-electron chi connectivity index (χ4n) is 1.96. The summed E-state index contributed by atoms with van der Waals surface area (Å²) in [4.78, 5) is 15.9. The normalized spacial score (nSPS) is 11.1. The Kier molecular flexibility index (Phi) is 5.74. The number of aliphatic imine (C=N–C) groups is 1. The third-order valence-corrected chi connectivity index (χ3v) is 3.22. The third kappa shape index (κ3) is 5.14. The van der Waals surface area contributed by atoms with Crippen LogP contribution in [0.1, 0.15) is 28.4 Å². The highest BCUT2D eigenvalue weighted by Crippen LogP contribution is 2.09. The van der Waals surface area contributed by atoms with Gasteiger partial charge in [-0.3, -0.25) is 0 Å². The van der Waals surface area contributed by atoms with Crippen LogP contribution in [0.5, 0.6) is 0 Å². The molecule has 5 nitrogen and oxygen atoms in total. The van der Waals surface area contributed by atoms with Gasteiger partial charge in [0.25, 0.3) is 0 Å². The molecule has 0 aromatic heterocycles. The van der Waals surface area contributed by atoms with Crippen LogP contribution >= 0.6 is 0 Å². The quantitative estimate of drug-likeness (QED) is 0.505. The summed E-state index contributed by atoms with van der Waals surface area (Å²) in [7, 11) is 0. The summed E-state index contributed by atoms with van der Waals surface area (Å²) in [5.74, 6) is 0.0337. The van der Waals surface area contributed by atoms with Gasteiger partial charge in [-0.2, -0.15) is 0 Å². The predicted octanol–water partition coefficient (Wildman–Crippen LogP) is 3.10. The molecule has 0 heterocycles. The molecular formula is C18H21N3O2. The average molecular weight is 311 g/mol. The number of aryl methyl sites for hydroxylation is 1. The van der Waals surface area contributed by atoms with Crippen molar-refractivity contribution in [1.29, 1.82) is 0 Å². The van der Waals surface area contributed by atoms with E-state index in [4.69, 9.17) is 10.5 Å². The molecule has 120 valence electrons. The molecule has 0 fully saturated rings. The molecule has 0 aliphatic carbocycles. The number of anilines is 1. The van der Waals surface area contributed by atoms with Gasteiger partial charge in [0, 0.05) is 5.69 Å². The lowest BCUT2D eigenvalue weighted by molar-refractivity contribution is 0.0526. The first kappa shape index (κ1) is 16.5. The zero-order chi connectivity index (χ0) is 16.7. The minimum atomic E-state index is -0.317. The van der Waals surface area contributed by atoms with Crippen molar-refractivity contribution in [1.82, 2.24) is 0 Å². The predicted molar refractivity (Wildman–Crippen MR) is 92.5 cm³/mol. The summed E-state index contributed by atoms with van der Waals surface area (Å²) in [5.41, 5.74) is 9.46. The summed E-state index contributed by atoms with van der Waals surface area (Å²) in [5, 5.41) is 3.04. The Morgan fingerprint density at radius 3 is 2.39 bits per heavy atom. The number of rotatable bonds is 5. The van der Waals surface area contributed by atoms with Gasteiger partial charge in [-0.05, 0) is 43.7 Å². The van der Waals surface area contributed by atoms with Crippen molar-refractivity contribution in [3.8, 4) is 0 Å². The lowest BCUT2D eigenvalue weighted by atomic mass is 10.1. The van der Waals surface area contributed by atoms with E-state index < -0.39 is 0 Å². The molecule has 0 amide bonds. The van der Waals surface area contributed by atoms with E-state index in [1.807, 2.05) is 43.3 Å². The number of hydrogen-bond donors (Lipinski definition) is 2. The molecule has 0 spiro atoms. The lowest BCUT2D eigenvalue weighted by Crippen LogP contribution is -2.22. The number of ether oxygens (including phenoxy) is 1. The number of nitrogens with two attached hydrogens (primary N) is 1. The van der Waals surface area contributed by atoms with E-state index in [1.165, 1.54) is 5.56 Å². The molecule has 0 saturated heterocycles. The van der Waals surface area contributed by atoms with Crippen molar-refractivity contribution in [2.75, 3.05) is 11.9 Å². The van der Waals surface area contributed by atoms with Crippen LogP contribution in [-0.4, -0.2) is 18.5 Å². The number of guanidine groups is 1. The van der Waals surface area contributed by atoms with Crippen molar-refractivity contribution in [3.63, 3.8) is 0 Å². The van der Waals surface area contributed by atoms with Gasteiger partial charge < -0.3 is 15.8 Å². The van der Waals surface area contributed by atoms with Crippen LogP contribution in [0.2, 0.25) is 0 Å². The van der Waals surface area contributed by atoms with Crippen LogP contribution in [0.4, 0.5) is 5.69 Å².